The van der Waals surface area contributed by atoms with Crippen molar-refractivity contribution < 1.29 is 27.6 Å². The Hall–Kier alpha value is -4.68. The molecule has 12 heteroatoms. The van der Waals surface area contributed by atoms with Crippen molar-refractivity contribution in [1.29, 1.82) is 0 Å². The van der Waals surface area contributed by atoms with E-state index < -0.39 is 57.1 Å². The number of halogens is 3. The highest BCUT2D eigenvalue weighted by molar-refractivity contribution is 8.00. The number of anilines is 2. The fourth-order valence-electron chi connectivity index (χ4n) is 6.03. The second kappa shape index (κ2) is 11.0. The molecular formula is C33H22F3N3O4S2. The maximum absolute atomic E-state index is 14.0. The van der Waals surface area contributed by atoms with Crippen molar-refractivity contribution in [2.24, 2.45) is 5.92 Å². The van der Waals surface area contributed by atoms with Gasteiger partial charge >= 0.3 is 11.0 Å². The smallest absolute Gasteiger partial charge is 0.325 e. The molecule has 1 fully saturated rings. The minimum Gasteiger partial charge on any atom is -0.325 e. The van der Waals surface area contributed by atoms with Crippen LogP contribution in [0.2, 0.25) is 0 Å². The van der Waals surface area contributed by atoms with Gasteiger partial charge in [-0.2, -0.15) is 13.2 Å². The summed E-state index contributed by atoms with van der Waals surface area (Å²) in [7, 11) is 0. The highest BCUT2D eigenvalue weighted by atomic mass is 32.2. The minimum absolute atomic E-state index is 0.348. The van der Waals surface area contributed by atoms with Crippen molar-refractivity contribution in [2.75, 3.05) is 10.2 Å². The van der Waals surface area contributed by atoms with Gasteiger partial charge in [0.05, 0.1) is 22.2 Å². The first-order chi connectivity index (χ1) is 21.6. The molecule has 0 spiro atoms. The summed E-state index contributed by atoms with van der Waals surface area (Å²) >= 11 is 1.82. The first kappa shape index (κ1) is 29.1. The summed E-state index contributed by atoms with van der Waals surface area (Å²) in [6.45, 7) is -0.355. The van der Waals surface area contributed by atoms with Crippen LogP contribution in [0.25, 0.3) is 10.8 Å². The summed E-state index contributed by atoms with van der Waals surface area (Å²) in [4.78, 5) is 55.1. The Bertz CT molecular complexity index is 2060. The molecule has 5 aromatic rings. The van der Waals surface area contributed by atoms with E-state index >= 15 is 0 Å². The lowest BCUT2D eigenvalue weighted by molar-refractivity contribution is -0.137. The van der Waals surface area contributed by atoms with E-state index in [9.17, 15) is 32.3 Å². The van der Waals surface area contributed by atoms with E-state index in [1.165, 1.54) is 16.7 Å². The molecule has 1 saturated heterocycles. The molecule has 0 bridgehead atoms. The van der Waals surface area contributed by atoms with Crippen LogP contribution in [0.3, 0.4) is 0 Å². The van der Waals surface area contributed by atoms with E-state index in [1.54, 1.807) is 36.4 Å². The summed E-state index contributed by atoms with van der Waals surface area (Å²) in [6.07, 6.45) is -4.80. The summed E-state index contributed by atoms with van der Waals surface area (Å²) < 4.78 is 43.1. The van der Waals surface area contributed by atoms with Crippen LogP contribution in [0.1, 0.15) is 21.9 Å². The van der Waals surface area contributed by atoms with E-state index in [2.05, 4.69) is 5.32 Å². The zero-order valence-corrected chi connectivity index (χ0v) is 24.8. The van der Waals surface area contributed by atoms with E-state index in [0.717, 1.165) is 46.0 Å². The van der Waals surface area contributed by atoms with Crippen molar-refractivity contribution in [3.05, 3.63) is 123 Å². The van der Waals surface area contributed by atoms with Crippen molar-refractivity contribution in [3.8, 4) is 0 Å². The van der Waals surface area contributed by atoms with Crippen molar-refractivity contribution in [2.45, 2.75) is 28.9 Å². The molecule has 2 aliphatic heterocycles. The van der Waals surface area contributed by atoms with Crippen LogP contribution in [0, 0.1) is 5.92 Å². The number of para-hydroxylation sites is 1. The maximum atomic E-state index is 14.0. The quantitative estimate of drug-likeness (QED) is 0.220. The maximum Gasteiger partial charge on any atom is 0.418 e. The van der Waals surface area contributed by atoms with Gasteiger partial charge in [-0.15, -0.1) is 0 Å². The number of imide groups is 1. The Morgan fingerprint density at radius 2 is 1.51 bits per heavy atom. The number of benzene rings is 4. The number of thioether (sulfide) groups is 1. The number of hydrogen-bond acceptors (Lipinski definition) is 6. The number of nitrogens with one attached hydrogen (secondary N) is 1. The lowest BCUT2D eigenvalue weighted by Crippen LogP contribution is -2.33. The summed E-state index contributed by atoms with van der Waals surface area (Å²) in [6, 6.07) is 26.4. The lowest BCUT2D eigenvalue weighted by Gasteiger charge is -2.30. The summed E-state index contributed by atoms with van der Waals surface area (Å²) in [5.74, 6) is -3.88. The van der Waals surface area contributed by atoms with Gasteiger partial charge in [-0.3, -0.25) is 23.7 Å². The number of carbonyl (C=O) groups is 3. The van der Waals surface area contributed by atoms with Gasteiger partial charge in [0.15, 0.2) is 0 Å². The zero-order valence-electron chi connectivity index (χ0n) is 23.2. The molecule has 3 heterocycles. The normalized spacial score (nSPS) is 19.4. The number of aromatic nitrogens is 1. The van der Waals surface area contributed by atoms with Crippen molar-refractivity contribution in [1.82, 2.24) is 4.57 Å². The third-order valence-corrected chi connectivity index (χ3v) is 10.6. The monoisotopic (exact) mass is 645 g/mol. The van der Waals surface area contributed by atoms with Gasteiger partial charge in [0.25, 0.3) is 0 Å². The Morgan fingerprint density at radius 3 is 2.27 bits per heavy atom. The Kier molecular flexibility index (Phi) is 7.13. The van der Waals surface area contributed by atoms with Crippen LogP contribution in [0.4, 0.5) is 24.5 Å². The topological polar surface area (TPSA) is 88.5 Å². The number of rotatable bonds is 5. The van der Waals surface area contributed by atoms with Crippen LogP contribution in [0.5, 0.6) is 0 Å². The lowest BCUT2D eigenvalue weighted by atomic mass is 9.83. The molecule has 0 radical (unpaired) electrons. The van der Waals surface area contributed by atoms with Crippen LogP contribution >= 0.6 is 23.1 Å². The first-order valence-electron chi connectivity index (χ1n) is 13.9. The summed E-state index contributed by atoms with van der Waals surface area (Å²) in [5.41, 5.74) is -0.447. The van der Waals surface area contributed by atoms with Gasteiger partial charge in [-0.05, 0) is 40.6 Å². The number of amides is 3. The van der Waals surface area contributed by atoms with E-state index in [1.807, 2.05) is 36.4 Å². The highest BCUT2D eigenvalue weighted by Gasteiger charge is 2.57. The molecule has 226 valence electrons. The van der Waals surface area contributed by atoms with Crippen LogP contribution in [0.15, 0.2) is 107 Å². The second-order valence-electron chi connectivity index (χ2n) is 10.7. The number of nitrogens with zero attached hydrogens (tertiary/aromatic N) is 2. The standard InChI is InChI=1S/C33H22F3N3O4S2/c34-33(35,36)22-12-6-7-13-23(22)39-29(41)26-25(19-9-2-1-3-10-19)28-31(44-27(26)30(39)42)38(32(43)45-28)17-24(40)37-21-15-14-18-8-4-5-11-20(18)16-21/h1-16,25-27H,17H2,(H,37,40)/t25-,26?,27?/m1/s1. The minimum atomic E-state index is -4.80. The van der Waals surface area contributed by atoms with E-state index in [0.29, 0.717) is 26.1 Å². The van der Waals surface area contributed by atoms with Gasteiger partial charge in [0.1, 0.15) is 11.8 Å². The number of thiazole rings is 1. The predicted octanol–water partition coefficient (Wildman–Crippen LogP) is 6.52. The van der Waals surface area contributed by atoms with E-state index in [4.69, 9.17) is 0 Å². The fourth-order valence-corrected chi connectivity index (χ4v) is 8.80. The van der Waals surface area contributed by atoms with Gasteiger partial charge < -0.3 is 5.32 Å². The van der Waals surface area contributed by atoms with Crippen LogP contribution in [-0.4, -0.2) is 27.5 Å². The van der Waals surface area contributed by atoms with Crippen molar-refractivity contribution in [3.63, 3.8) is 0 Å². The fraction of sp³-hybridized carbons (Fsp3) is 0.152. The predicted molar refractivity (Wildman–Crippen MR) is 167 cm³/mol. The van der Waals surface area contributed by atoms with Gasteiger partial charge in [-0.1, -0.05) is 95.9 Å². The second-order valence-corrected chi connectivity index (χ2v) is 12.8. The molecule has 2 aliphatic rings. The molecule has 7 rings (SSSR count). The Balaban J connectivity index is 1.27. The first-order valence-corrected chi connectivity index (χ1v) is 15.6. The number of fused-ring (bicyclic) bond motifs is 3. The molecule has 3 atom stereocenters. The third kappa shape index (κ3) is 5.03. The number of alkyl halides is 3. The average Bonchev–Trinajstić information content (AvgIpc) is 3.47. The third-order valence-electron chi connectivity index (χ3n) is 7.99. The van der Waals surface area contributed by atoms with Crippen LogP contribution in [-0.2, 0) is 27.1 Å². The molecule has 1 N–H and O–H groups in total. The Morgan fingerprint density at radius 1 is 0.822 bits per heavy atom. The Labute approximate surface area is 262 Å². The molecule has 0 saturated carbocycles. The number of hydrogen-bond donors (Lipinski definition) is 1. The van der Waals surface area contributed by atoms with Gasteiger partial charge in [0, 0.05) is 16.5 Å². The van der Waals surface area contributed by atoms with Crippen LogP contribution < -0.4 is 15.1 Å². The van der Waals surface area contributed by atoms with Gasteiger partial charge in [-0.25, -0.2) is 4.90 Å². The average molecular weight is 646 g/mol. The number of carbonyl (C=O) groups excluding carboxylic acids is 3. The molecule has 7 nitrogen and oxygen atoms in total. The molecule has 1 aromatic heterocycles. The van der Waals surface area contributed by atoms with Gasteiger partial charge in [0.2, 0.25) is 17.7 Å². The highest BCUT2D eigenvalue weighted by Crippen LogP contribution is 2.54. The molecular weight excluding hydrogens is 624 g/mol. The molecule has 4 aromatic carbocycles. The molecule has 0 aliphatic carbocycles. The largest absolute Gasteiger partial charge is 0.418 e. The molecule has 3 amide bonds. The zero-order chi connectivity index (χ0) is 31.5. The SMILES string of the molecule is O=C(Cn1c2c(sc1=O)[C@H](c1ccccc1)C1C(=O)N(c3ccccc3C(F)(F)F)C(=O)C1S2)Nc1ccc2ccccc2c1. The molecule has 45 heavy (non-hydrogen) atoms. The van der Waals surface area contributed by atoms with E-state index in [-0.39, 0.29) is 6.54 Å². The van der Waals surface area contributed by atoms with Crippen molar-refractivity contribution >= 4 is 63.0 Å². The molecule has 2 unspecified atom stereocenters. The summed E-state index contributed by atoms with van der Waals surface area (Å²) in [5, 5.41) is 3.98.